The maximum atomic E-state index is 12.1. The minimum Gasteiger partial charge on any atom is -0.294 e. The van der Waals surface area contributed by atoms with E-state index in [-0.39, 0.29) is 10.1 Å². The van der Waals surface area contributed by atoms with Crippen molar-refractivity contribution in [3.05, 3.63) is 22.2 Å². The summed E-state index contributed by atoms with van der Waals surface area (Å²) >= 11 is 37.6. The Morgan fingerprint density at radius 3 is 1.42 bits per heavy atom. The summed E-state index contributed by atoms with van der Waals surface area (Å²) in [7, 11) is 0. The largest absolute Gasteiger partial charge is 0.294 e. The van der Waals surface area contributed by atoms with Crippen LogP contribution >= 0.6 is 69.6 Å². The molecule has 0 N–H and O–H groups in total. The second-order valence-corrected chi connectivity index (χ2v) is 7.99. The van der Waals surface area contributed by atoms with E-state index in [0.29, 0.717) is 0 Å². The Morgan fingerprint density at radius 2 is 1.11 bits per heavy atom. The fourth-order valence-corrected chi connectivity index (χ4v) is 6.03. The summed E-state index contributed by atoms with van der Waals surface area (Å²) in [5.74, 6) is -2.83. The lowest BCUT2D eigenvalue weighted by Crippen LogP contribution is -2.46. The summed E-state index contributed by atoms with van der Waals surface area (Å²) < 4.78 is -1.86. The molecule has 2 nitrogen and oxygen atoms in total. The quantitative estimate of drug-likeness (QED) is 0.599. The van der Waals surface area contributed by atoms with Crippen molar-refractivity contribution in [2.45, 2.75) is 14.1 Å². The van der Waals surface area contributed by atoms with Crippen LogP contribution in [0.5, 0.6) is 0 Å². The maximum Gasteiger partial charge on any atom is 0.167 e. The SMILES string of the molecule is O=C1C=CC(=O)[C@H]2[C@H]1[C@@]1(Cl)C(Cl)=C(Cl)[C@@]2(Cl)C1(Cl)Cl. The lowest BCUT2D eigenvalue weighted by molar-refractivity contribution is -0.128. The molecule has 0 aromatic carbocycles. The van der Waals surface area contributed by atoms with Crippen molar-refractivity contribution in [3.63, 3.8) is 0 Å². The van der Waals surface area contributed by atoms with E-state index in [1.165, 1.54) is 0 Å². The minimum atomic E-state index is -1.86. The number of ketones is 2. The van der Waals surface area contributed by atoms with Crippen LogP contribution in [0.3, 0.4) is 0 Å². The number of hydrogen-bond donors (Lipinski definition) is 0. The Bertz CT molecular complexity index is 546. The van der Waals surface area contributed by atoms with Crippen molar-refractivity contribution in [3.8, 4) is 0 Å². The van der Waals surface area contributed by atoms with E-state index in [0.717, 1.165) is 12.2 Å². The molecule has 0 saturated heterocycles. The fourth-order valence-electron chi connectivity index (χ4n) is 3.07. The van der Waals surface area contributed by atoms with E-state index in [9.17, 15) is 9.59 Å². The molecule has 0 aromatic heterocycles. The Balaban J connectivity index is 2.38. The zero-order valence-corrected chi connectivity index (χ0v) is 13.4. The highest BCUT2D eigenvalue weighted by Crippen LogP contribution is 2.76. The molecule has 0 radical (unpaired) electrons. The number of alkyl halides is 4. The average Bonchev–Trinajstić information content (AvgIpc) is 2.55. The van der Waals surface area contributed by atoms with Crippen LogP contribution in [0, 0.1) is 11.8 Å². The molecule has 0 aliphatic heterocycles. The van der Waals surface area contributed by atoms with Crippen LogP contribution in [0.4, 0.5) is 0 Å². The highest BCUT2D eigenvalue weighted by atomic mass is 35.5. The lowest BCUT2D eigenvalue weighted by atomic mass is 9.74. The van der Waals surface area contributed by atoms with Crippen LogP contribution in [-0.2, 0) is 9.59 Å². The van der Waals surface area contributed by atoms with E-state index in [4.69, 9.17) is 69.6 Å². The van der Waals surface area contributed by atoms with Crippen molar-refractivity contribution in [1.29, 1.82) is 0 Å². The fraction of sp³-hybridized carbons (Fsp3) is 0.455. The van der Waals surface area contributed by atoms with Gasteiger partial charge in [0.05, 0.1) is 21.9 Å². The maximum absolute atomic E-state index is 12.1. The van der Waals surface area contributed by atoms with E-state index in [1.807, 2.05) is 0 Å². The number of allylic oxidation sites excluding steroid dienone is 4. The molecule has 3 aliphatic rings. The summed E-state index contributed by atoms with van der Waals surface area (Å²) in [4.78, 5) is 20.8. The second-order valence-electron chi connectivity index (χ2n) is 4.72. The number of hydrogen-bond acceptors (Lipinski definition) is 2. The molecule has 4 atom stereocenters. The van der Waals surface area contributed by atoms with E-state index >= 15 is 0 Å². The van der Waals surface area contributed by atoms with Crippen LogP contribution in [0.1, 0.15) is 0 Å². The van der Waals surface area contributed by atoms with Crippen molar-refractivity contribution in [2.24, 2.45) is 11.8 Å². The molecule has 0 heterocycles. The Morgan fingerprint density at radius 1 is 0.789 bits per heavy atom. The third kappa shape index (κ3) is 1.26. The predicted molar refractivity (Wildman–Crippen MR) is 76.5 cm³/mol. The molecule has 1 saturated carbocycles. The molecule has 0 spiro atoms. The summed E-state index contributed by atoms with van der Waals surface area (Å²) in [5, 5.41) is -0.151. The molecule has 0 aromatic rings. The van der Waals surface area contributed by atoms with Gasteiger partial charge in [-0.1, -0.05) is 46.4 Å². The molecule has 3 rings (SSSR count). The van der Waals surface area contributed by atoms with Gasteiger partial charge in [0.15, 0.2) is 15.9 Å². The number of carbonyl (C=O) groups is 2. The number of carbonyl (C=O) groups excluding carboxylic acids is 2. The molecule has 102 valence electrons. The zero-order valence-electron chi connectivity index (χ0n) is 8.89. The second kappa shape index (κ2) is 3.85. The minimum absolute atomic E-state index is 0.0754. The molecule has 19 heavy (non-hydrogen) atoms. The van der Waals surface area contributed by atoms with Gasteiger partial charge in [-0.15, -0.1) is 23.2 Å². The summed E-state index contributed by atoms with van der Waals surface area (Å²) in [5.41, 5.74) is 0. The van der Waals surface area contributed by atoms with Gasteiger partial charge >= 0.3 is 0 Å². The third-order valence-electron chi connectivity index (χ3n) is 3.96. The van der Waals surface area contributed by atoms with Gasteiger partial charge < -0.3 is 0 Å². The first-order chi connectivity index (χ1) is 8.61. The first-order valence-electron chi connectivity index (χ1n) is 5.19. The molecular formula is C11H4Cl6O2. The monoisotopic (exact) mass is 378 g/mol. The zero-order chi connectivity index (χ0) is 14.4. The van der Waals surface area contributed by atoms with Gasteiger partial charge in [-0.05, 0) is 12.2 Å². The van der Waals surface area contributed by atoms with Crippen molar-refractivity contribution < 1.29 is 9.59 Å². The van der Waals surface area contributed by atoms with Crippen molar-refractivity contribution >= 4 is 81.2 Å². The topological polar surface area (TPSA) is 34.1 Å². The molecule has 0 amide bonds. The first-order valence-corrected chi connectivity index (χ1v) is 7.46. The molecule has 8 heteroatoms. The van der Waals surface area contributed by atoms with Gasteiger partial charge in [-0.2, -0.15) is 0 Å². The van der Waals surface area contributed by atoms with Gasteiger partial charge in [0.1, 0.15) is 9.75 Å². The van der Waals surface area contributed by atoms with Crippen molar-refractivity contribution in [2.75, 3.05) is 0 Å². The highest BCUT2D eigenvalue weighted by Gasteiger charge is 2.84. The average molecular weight is 381 g/mol. The number of halogens is 6. The van der Waals surface area contributed by atoms with Crippen molar-refractivity contribution in [1.82, 2.24) is 0 Å². The standard InChI is InChI=1S/C11H4Cl6O2/c12-7-8(13)10(15)6-4(19)2-1-3(18)5(6)9(7,14)11(10,16)17/h1-2,5-6H/t5-,6-,9+,10+/m0/s1. The van der Waals surface area contributed by atoms with Crippen LogP contribution in [0.2, 0.25) is 0 Å². The van der Waals surface area contributed by atoms with Crippen LogP contribution in [-0.4, -0.2) is 25.6 Å². The normalized spacial score (nSPS) is 47.1. The summed E-state index contributed by atoms with van der Waals surface area (Å²) in [6, 6.07) is 0. The van der Waals surface area contributed by atoms with E-state index in [1.54, 1.807) is 0 Å². The van der Waals surface area contributed by atoms with Gasteiger partial charge in [0.2, 0.25) is 0 Å². The van der Waals surface area contributed by atoms with Gasteiger partial charge in [-0.25, -0.2) is 0 Å². The summed E-state index contributed by atoms with van der Waals surface area (Å²) in [6.45, 7) is 0. The lowest BCUT2D eigenvalue weighted by Gasteiger charge is -2.35. The van der Waals surface area contributed by atoms with Gasteiger partial charge in [-0.3, -0.25) is 9.59 Å². The molecule has 2 bridgehead atoms. The third-order valence-corrected chi connectivity index (χ3v) is 8.22. The van der Waals surface area contributed by atoms with Crippen LogP contribution in [0.25, 0.3) is 0 Å². The van der Waals surface area contributed by atoms with Crippen LogP contribution in [0.15, 0.2) is 22.2 Å². The molecule has 3 aliphatic carbocycles. The van der Waals surface area contributed by atoms with Gasteiger partial charge in [0, 0.05) is 0 Å². The highest BCUT2D eigenvalue weighted by molar-refractivity contribution is 6.66. The number of rotatable bonds is 0. The Hall–Kier alpha value is 0.560. The molecule has 0 unspecified atom stereocenters. The number of fused-ring (bicyclic) bond motifs is 5. The van der Waals surface area contributed by atoms with E-state index in [2.05, 4.69) is 0 Å². The summed E-state index contributed by atoms with van der Waals surface area (Å²) in [6.07, 6.45) is 2.27. The Kier molecular flexibility index (Phi) is 2.94. The molecular weight excluding hydrogens is 377 g/mol. The van der Waals surface area contributed by atoms with E-state index < -0.39 is 37.5 Å². The van der Waals surface area contributed by atoms with Crippen LogP contribution < -0.4 is 0 Å². The van der Waals surface area contributed by atoms with Gasteiger partial charge in [0.25, 0.3) is 0 Å². The molecule has 1 fully saturated rings. The predicted octanol–water partition coefficient (Wildman–Crippen LogP) is 3.77. The first kappa shape index (κ1) is 14.5. The smallest absolute Gasteiger partial charge is 0.167 e. The Labute approximate surface area is 138 Å².